The molecule has 152 valence electrons. The molecule has 0 aliphatic rings. The van der Waals surface area contributed by atoms with Gasteiger partial charge >= 0.3 is 5.69 Å². The van der Waals surface area contributed by atoms with Gasteiger partial charge in [-0.25, -0.2) is 4.79 Å². The number of ether oxygens (including phenoxy) is 1. The zero-order chi connectivity index (χ0) is 20.7. The molecule has 1 amide bonds. The van der Waals surface area contributed by atoms with Crippen LogP contribution in [0.25, 0.3) is 0 Å². The van der Waals surface area contributed by atoms with Gasteiger partial charge in [-0.15, -0.1) is 0 Å². The van der Waals surface area contributed by atoms with Gasteiger partial charge in [0.1, 0.15) is 11.6 Å². The van der Waals surface area contributed by atoms with E-state index in [1.807, 2.05) is 31.2 Å². The fourth-order valence-corrected chi connectivity index (χ4v) is 3.08. The molecule has 0 aliphatic carbocycles. The monoisotopic (exact) mass is 452 g/mol. The van der Waals surface area contributed by atoms with Crippen molar-refractivity contribution in [2.45, 2.75) is 39.2 Å². The Balaban J connectivity index is 2.02. The minimum absolute atomic E-state index is 0.00318. The maximum Gasteiger partial charge on any atom is 0.330 e. The molecule has 28 heavy (non-hydrogen) atoms. The lowest BCUT2D eigenvalue weighted by atomic mass is 10.2. The number of aromatic nitrogens is 2. The SMILES string of the molecule is CCCCn1c(N)c(N(C)C(=O)CCCOc2cccc(Br)c2)c(=O)[nH]c1=O. The van der Waals surface area contributed by atoms with Crippen molar-refractivity contribution in [1.82, 2.24) is 9.55 Å². The number of halogens is 1. The molecule has 3 N–H and O–H groups in total. The smallest absolute Gasteiger partial charge is 0.330 e. The second kappa shape index (κ2) is 10.1. The molecule has 0 saturated carbocycles. The van der Waals surface area contributed by atoms with Gasteiger partial charge in [0.05, 0.1) is 6.61 Å². The summed E-state index contributed by atoms with van der Waals surface area (Å²) in [4.78, 5) is 40.1. The average Bonchev–Trinajstić information content (AvgIpc) is 2.64. The van der Waals surface area contributed by atoms with E-state index in [-0.39, 0.29) is 23.8 Å². The van der Waals surface area contributed by atoms with Crippen LogP contribution < -0.4 is 26.6 Å². The number of amides is 1. The second-order valence-corrected chi connectivity index (χ2v) is 7.28. The van der Waals surface area contributed by atoms with Crippen molar-refractivity contribution < 1.29 is 9.53 Å². The van der Waals surface area contributed by atoms with Gasteiger partial charge in [0, 0.05) is 24.5 Å². The van der Waals surface area contributed by atoms with Gasteiger partial charge in [-0.1, -0.05) is 35.3 Å². The van der Waals surface area contributed by atoms with Crippen LogP contribution in [0, 0.1) is 0 Å². The van der Waals surface area contributed by atoms with Gasteiger partial charge in [-0.2, -0.15) is 0 Å². The highest BCUT2D eigenvalue weighted by atomic mass is 79.9. The number of carbonyl (C=O) groups is 1. The second-order valence-electron chi connectivity index (χ2n) is 6.36. The lowest BCUT2D eigenvalue weighted by Gasteiger charge is -2.20. The van der Waals surface area contributed by atoms with Crippen LogP contribution in [0.5, 0.6) is 5.75 Å². The van der Waals surface area contributed by atoms with E-state index < -0.39 is 11.2 Å². The molecular formula is C19H25BrN4O4. The Morgan fingerprint density at radius 1 is 1.32 bits per heavy atom. The molecule has 2 rings (SSSR count). The van der Waals surface area contributed by atoms with Crippen LogP contribution in [0.3, 0.4) is 0 Å². The summed E-state index contributed by atoms with van der Waals surface area (Å²) in [7, 11) is 1.48. The highest BCUT2D eigenvalue weighted by molar-refractivity contribution is 9.10. The Bertz CT molecular complexity index is 938. The molecule has 1 heterocycles. The number of rotatable bonds is 9. The zero-order valence-electron chi connectivity index (χ0n) is 16.0. The van der Waals surface area contributed by atoms with Crippen molar-refractivity contribution in [3.05, 3.63) is 49.6 Å². The molecule has 8 nitrogen and oxygen atoms in total. The van der Waals surface area contributed by atoms with Crippen LogP contribution in [-0.4, -0.2) is 29.1 Å². The van der Waals surface area contributed by atoms with Crippen LogP contribution in [-0.2, 0) is 11.3 Å². The Hall–Kier alpha value is -2.55. The molecule has 0 radical (unpaired) electrons. The Morgan fingerprint density at radius 3 is 2.75 bits per heavy atom. The highest BCUT2D eigenvalue weighted by Crippen LogP contribution is 2.19. The number of nitrogens with two attached hydrogens (primary N) is 1. The van der Waals surface area contributed by atoms with Crippen molar-refractivity contribution in [3.8, 4) is 5.75 Å². The molecule has 0 fully saturated rings. The fourth-order valence-electron chi connectivity index (χ4n) is 2.70. The Labute approximate surface area is 171 Å². The van der Waals surface area contributed by atoms with Crippen molar-refractivity contribution in [3.63, 3.8) is 0 Å². The average molecular weight is 453 g/mol. The molecule has 0 aliphatic heterocycles. The molecule has 1 aromatic heterocycles. The first kappa shape index (κ1) is 21.7. The van der Waals surface area contributed by atoms with Crippen LogP contribution in [0.4, 0.5) is 11.5 Å². The van der Waals surface area contributed by atoms with E-state index in [1.54, 1.807) is 0 Å². The molecule has 0 spiro atoms. The number of nitrogens with one attached hydrogen (secondary N) is 1. The Morgan fingerprint density at radius 2 is 2.07 bits per heavy atom. The predicted molar refractivity (Wildman–Crippen MR) is 113 cm³/mol. The van der Waals surface area contributed by atoms with E-state index >= 15 is 0 Å². The van der Waals surface area contributed by atoms with Gasteiger partial charge in [0.15, 0.2) is 5.69 Å². The molecule has 0 bridgehead atoms. The van der Waals surface area contributed by atoms with Crippen LogP contribution in [0.2, 0.25) is 0 Å². The number of anilines is 2. The lowest BCUT2D eigenvalue weighted by Crippen LogP contribution is -2.39. The number of unbranched alkanes of at least 4 members (excludes halogenated alkanes) is 1. The lowest BCUT2D eigenvalue weighted by molar-refractivity contribution is -0.118. The van der Waals surface area contributed by atoms with Crippen molar-refractivity contribution in [2.75, 3.05) is 24.3 Å². The van der Waals surface area contributed by atoms with Crippen LogP contribution >= 0.6 is 15.9 Å². The minimum atomic E-state index is -0.670. The van der Waals surface area contributed by atoms with Gasteiger partial charge in [-0.05, 0) is 31.0 Å². The summed E-state index contributed by atoms with van der Waals surface area (Å²) in [5.41, 5.74) is 4.79. The van der Waals surface area contributed by atoms with Crippen LogP contribution in [0.1, 0.15) is 32.6 Å². The molecule has 0 unspecified atom stereocenters. The topological polar surface area (TPSA) is 110 Å². The van der Waals surface area contributed by atoms with Crippen molar-refractivity contribution in [2.24, 2.45) is 0 Å². The zero-order valence-corrected chi connectivity index (χ0v) is 17.6. The van der Waals surface area contributed by atoms with E-state index in [2.05, 4.69) is 20.9 Å². The molecule has 1 aromatic carbocycles. The summed E-state index contributed by atoms with van der Waals surface area (Å²) in [5, 5.41) is 0. The summed E-state index contributed by atoms with van der Waals surface area (Å²) in [6.45, 7) is 2.73. The predicted octanol–water partition coefficient (Wildman–Crippen LogP) is 2.50. The standard InChI is InChI=1S/C19H25BrN4O4/c1-3-4-10-24-17(21)16(18(26)22-19(24)27)23(2)15(25)9-6-11-28-14-8-5-7-13(20)12-14/h5,7-8,12H,3-4,6,9-11,21H2,1-2H3,(H,22,26,27). The molecule has 0 saturated heterocycles. The first-order valence-electron chi connectivity index (χ1n) is 9.12. The molecule has 0 atom stereocenters. The third kappa shape index (κ3) is 5.48. The summed E-state index contributed by atoms with van der Waals surface area (Å²) < 4.78 is 7.81. The van der Waals surface area contributed by atoms with E-state index in [9.17, 15) is 14.4 Å². The highest BCUT2D eigenvalue weighted by Gasteiger charge is 2.20. The van der Waals surface area contributed by atoms with E-state index in [1.165, 1.54) is 16.5 Å². The van der Waals surface area contributed by atoms with E-state index in [0.29, 0.717) is 25.3 Å². The van der Waals surface area contributed by atoms with E-state index in [4.69, 9.17) is 10.5 Å². The number of carbonyl (C=O) groups excluding carboxylic acids is 1. The number of hydrogen-bond acceptors (Lipinski definition) is 5. The summed E-state index contributed by atoms with van der Waals surface area (Å²) in [5.74, 6) is 0.429. The van der Waals surface area contributed by atoms with Gasteiger partial charge < -0.3 is 15.4 Å². The number of benzene rings is 1. The Kier molecular flexibility index (Phi) is 7.86. The van der Waals surface area contributed by atoms with Gasteiger partial charge in [0.25, 0.3) is 5.56 Å². The molecule has 2 aromatic rings. The number of hydrogen-bond donors (Lipinski definition) is 2. The number of H-pyrrole nitrogens is 1. The summed E-state index contributed by atoms with van der Waals surface area (Å²) in [6, 6.07) is 7.43. The maximum absolute atomic E-state index is 12.5. The maximum atomic E-state index is 12.5. The normalized spacial score (nSPS) is 10.7. The van der Waals surface area contributed by atoms with Crippen LogP contribution in [0.15, 0.2) is 38.3 Å². The van der Waals surface area contributed by atoms with Crippen molar-refractivity contribution >= 4 is 33.3 Å². The van der Waals surface area contributed by atoms with E-state index in [0.717, 1.165) is 17.3 Å². The number of nitrogen functional groups attached to an aromatic ring is 1. The number of nitrogens with zero attached hydrogens (tertiary/aromatic N) is 2. The molecule has 9 heteroatoms. The largest absolute Gasteiger partial charge is 0.494 e. The first-order valence-corrected chi connectivity index (χ1v) is 9.92. The van der Waals surface area contributed by atoms with Crippen molar-refractivity contribution in [1.29, 1.82) is 0 Å². The first-order chi connectivity index (χ1) is 13.3. The molecular weight excluding hydrogens is 428 g/mol. The van der Waals surface area contributed by atoms with Gasteiger partial charge in [-0.3, -0.25) is 19.1 Å². The summed E-state index contributed by atoms with van der Waals surface area (Å²) in [6.07, 6.45) is 2.26. The quantitative estimate of drug-likeness (QED) is 0.567. The number of aromatic amines is 1. The fraction of sp³-hybridized carbons (Fsp3) is 0.421. The van der Waals surface area contributed by atoms with Gasteiger partial charge in [0.2, 0.25) is 5.91 Å². The third-order valence-electron chi connectivity index (χ3n) is 4.26. The minimum Gasteiger partial charge on any atom is -0.494 e. The third-order valence-corrected chi connectivity index (χ3v) is 4.75. The summed E-state index contributed by atoms with van der Waals surface area (Å²) >= 11 is 3.37.